The molecule has 10 atom stereocenters. The third-order valence-electron chi connectivity index (χ3n) is 10.2. The Morgan fingerprint density at radius 1 is 1.05 bits per heavy atom. The Kier molecular flexibility index (Phi) is 6.57. The second-order valence-electron chi connectivity index (χ2n) is 12.4. The molecule has 1 aliphatic heterocycles. The normalized spacial score (nSPS) is 44.6. The molecule has 3 aliphatic carbocycles. The first-order valence-electron chi connectivity index (χ1n) is 13.4. The van der Waals surface area contributed by atoms with Gasteiger partial charge in [0.1, 0.15) is 23.9 Å². The maximum atomic E-state index is 13.6. The summed E-state index contributed by atoms with van der Waals surface area (Å²) in [6, 6.07) is 8.16. The number of carbonyl (C=O) groups is 2. The van der Waals surface area contributed by atoms with E-state index in [-0.39, 0.29) is 30.6 Å². The molecule has 1 aromatic rings. The molecule has 1 heterocycles. The fourth-order valence-electron chi connectivity index (χ4n) is 7.88. The topological polar surface area (TPSA) is 163 Å². The van der Waals surface area contributed by atoms with Crippen LogP contribution in [-0.4, -0.2) is 91.9 Å². The summed E-state index contributed by atoms with van der Waals surface area (Å²) in [6.07, 6.45) is -8.38. The van der Waals surface area contributed by atoms with Crippen molar-refractivity contribution in [2.75, 3.05) is 6.61 Å². The molecule has 4 aliphatic rings. The lowest BCUT2D eigenvalue weighted by atomic mass is 9.44. The number of hydrogen-bond donors (Lipinski definition) is 5. The van der Waals surface area contributed by atoms with Crippen LogP contribution in [-0.2, 0) is 19.0 Å². The van der Waals surface area contributed by atoms with Crippen molar-refractivity contribution >= 4 is 11.9 Å². The first kappa shape index (κ1) is 28.2. The Hall–Kier alpha value is -2.34. The van der Waals surface area contributed by atoms with Gasteiger partial charge in [-0.3, -0.25) is 4.79 Å². The number of hydrogen-bond acceptors (Lipinski definition) is 10. The summed E-state index contributed by atoms with van der Waals surface area (Å²) < 4.78 is 17.8. The van der Waals surface area contributed by atoms with E-state index in [1.807, 2.05) is 0 Å². The Morgan fingerprint density at radius 2 is 1.69 bits per heavy atom. The van der Waals surface area contributed by atoms with Crippen molar-refractivity contribution < 1.29 is 49.3 Å². The Labute approximate surface area is 227 Å². The molecular formula is C29H38O10. The number of esters is 2. The maximum absolute atomic E-state index is 13.6. The molecule has 5 N–H and O–H groups in total. The molecule has 1 saturated heterocycles. The van der Waals surface area contributed by atoms with E-state index in [1.54, 1.807) is 58.0 Å². The summed E-state index contributed by atoms with van der Waals surface area (Å²) in [5.74, 6) is -2.66. The van der Waals surface area contributed by atoms with Crippen LogP contribution in [0.1, 0.15) is 57.8 Å². The van der Waals surface area contributed by atoms with Gasteiger partial charge in [-0.1, -0.05) is 39.0 Å². The van der Waals surface area contributed by atoms with E-state index in [2.05, 4.69) is 0 Å². The molecule has 3 fully saturated rings. The van der Waals surface area contributed by atoms with Gasteiger partial charge < -0.3 is 39.7 Å². The summed E-state index contributed by atoms with van der Waals surface area (Å²) in [5.41, 5.74) is -5.70. The van der Waals surface area contributed by atoms with Crippen molar-refractivity contribution in [2.24, 2.45) is 16.7 Å². The Bertz CT molecular complexity index is 1200. The van der Waals surface area contributed by atoms with E-state index in [0.29, 0.717) is 5.57 Å². The number of carbonyl (C=O) groups excluding carboxylic acids is 2. The van der Waals surface area contributed by atoms with E-state index in [0.717, 1.165) is 0 Å². The lowest BCUT2D eigenvalue weighted by Gasteiger charge is -2.69. The highest BCUT2D eigenvalue weighted by Crippen LogP contribution is 2.64. The molecule has 2 unspecified atom stereocenters. The van der Waals surface area contributed by atoms with E-state index in [4.69, 9.17) is 14.2 Å². The van der Waals surface area contributed by atoms with E-state index >= 15 is 0 Å². The van der Waals surface area contributed by atoms with Crippen molar-refractivity contribution in [2.45, 2.75) is 95.3 Å². The standard InChI is InChI=1S/C29H38O10/c1-14-17(31)12-29(36)24(38-25(35)16-9-7-6-8-10-16)22-27(5,23(34)21(33)20(14)26(29,3)4)18(32)11-19-28(22,13-37-19)39-15(2)30/h6-10,17-19,21-24,31-34,36H,11-13H2,1-5H3/t17-,18-,19+,21+,22?,23+,24?,27+,28-,29+/m0/s1. The molecule has 0 spiro atoms. The minimum absolute atomic E-state index is 0.0219. The summed E-state index contributed by atoms with van der Waals surface area (Å²) in [7, 11) is 0. The van der Waals surface area contributed by atoms with E-state index < -0.39 is 76.5 Å². The van der Waals surface area contributed by atoms with Crippen molar-refractivity contribution in [1.82, 2.24) is 0 Å². The van der Waals surface area contributed by atoms with Crippen LogP contribution < -0.4 is 0 Å². The summed E-state index contributed by atoms with van der Waals surface area (Å²) in [6.45, 7) is 7.57. The zero-order valence-corrected chi connectivity index (χ0v) is 22.8. The van der Waals surface area contributed by atoms with Crippen LogP contribution in [0.4, 0.5) is 0 Å². The van der Waals surface area contributed by atoms with Crippen molar-refractivity contribution in [3.63, 3.8) is 0 Å². The first-order chi connectivity index (χ1) is 18.1. The van der Waals surface area contributed by atoms with Crippen molar-refractivity contribution in [3.05, 3.63) is 47.0 Å². The summed E-state index contributed by atoms with van der Waals surface area (Å²) >= 11 is 0. The number of aliphatic hydroxyl groups is 5. The van der Waals surface area contributed by atoms with Crippen LogP contribution in [0.15, 0.2) is 41.5 Å². The quantitative estimate of drug-likeness (QED) is 0.272. The zero-order chi connectivity index (χ0) is 28.7. The largest absolute Gasteiger partial charge is 0.455 e. The van der Waals surface area contributed by atoms with Gasteiger partial charge in [-0.2, -0.15) is 0 Å². The van der Waals surface area contributed by atoms with Gasteiger partial charge in [0.15, 0.2) is 5.60 Å². The van der Waals surface area contributed by atoms with Crippen molar-refractivity contribution in [1.29, 1.82) is 0 Å². The molecular weight excluding hydrogens is 508 g/mol. The van der Waals surface area contributed by atoms with Gasteiger partial charge in [0, 0.05) is 30.6 Å². The second-order valence-corrected chi connectivity index (χ2v) is 12.4. The third-order valence-corrected chi connectivity index (χ3v) is 10.2. The van der Waals surface area contributed by atoms with Gasteiger partial charge in [-0.05, 0) is 30.2 Å². The highest BCUT2D eigenvalue weighted by Gasteiger charge is 2.77. The van der Waals surface area contributed by atoms with Crippen LogP contribution in [0.2, 0.25) is 0 Å². The molecule has 0 radical (unpaired) electrons. The monoisotopic (exact) mass is 546 g/mol. The molecule has 0 amide bonds. The predicted molar refractivity (Wildman–Crippen MR) is 136 cm³/mol. The molecule has 2 saturated carbocycles. The minimum Gasteiger partial charge on any atom is -0.455 e. The molecule has 1 aromatic carbocycles. The number of aliphatic hydroxyl groups excluding tert-OH is 4. The van der Waals surface area contributed by atoms with Gasteiger partial charge in [0.05, 0.1) is 36.4 Å². The molecule has 10 nitrogen and oxygen atoms in total. The number of rotatable bonds is 3. The van der Waals surface area contributed by atoms with Gasteiger partial charge in [0.2, 0.25) is 0 Å². The van der Waals surface area contributed by atoms with Crippen molar-refractivity contribution in [3.8, 4) is 0 Å². The molecule has 5 rings (SSSR count). The van der Waals surface area contributed by atoms with Crippen LogP contribution in [0, 0.1) is 16.7 Å². The van der Waals surface area contributed by atoms with Gasteiger partial charge in [0.25, 0.3) is 0 Å². The van der Waals surface area contributed by atoms with E-state index in [9.17, 15) is 35.1 Å². The van der Waals surface area contributed by atoms with E-state index in [1.165, 1.54) is 6.92 Å². The highest BCUT2D eigenvalue weighted by atomic mass is 16.6. The molecule has 214 valence electrons. The van der Waals surface area contributed by atoms with Crippen LogP contribution in [0.25, 0.3) is 0 Å². The Balaban J connectivity index is 1.80. The molecule has 39 heavy (non-hydrogen) atoms. The summed E-state index contributed by atoms with van der Waals surface area (Å²) in [5, 5.41) is 58.8. The highest BCUT2D eigenvalue weighted by molar-refractivity contribution is 5.89. The number of ether oxygens (including phenoxy) is 3. The fraction of sp³-hybridized carbons (Fsp3) is 0.655. The number of fused-ring (bicyclic) bond motifs is 5. The predicted octanol–water partition coefficient (Wildman–Crippen LogP) is 0.874. The lowest BCUT2D eigenvalue weighted by Crippen LogP contribution is -2.82. The minimum atomic E-state index is -2.02. The average molecular weight is 547 g/mol. The maximum Gasteiger partial charge on any atom is 0.338 e. The second kappa shape index (κ2) is 9.09. The van der Waals surface area contributed by atoms with Crippen LogP contribution in [0.5, 0.6) is 0 Å². The molecule has 0 aromatic heterocycles. The van der Waals surface area contributed by atoms with Gasteiger partial charge >= 0.3 is 11.9 Å². The SMILES string of the molecule is CC(=O)O[C@@]12CO[C@@H]1C[C@H](O)[C@]1(C)C2C(OC(=O)c2ccccc2)[C@]2(O)C[C@H](O)C(C)=C([C@@H](O)[C@H]1O)C2(C)C. The molecule has 2 bridgehead atoms. The fourth-order valence-corrected chi connectivity index (χ4v) is 7.88. The summed E-state index contributed by atoms with van der Waals surface area (Å²) in [4.78, 5) is 26.0. The zero-order valence-electron chi connectivity index (χ0n) is 22.8. The van der Waals surface area contributed by atoms with Crippen LogP contribution >= 0.6 is 0 Å². The van der Waals surface area contributed by atoms with Crippen LogP contribution in [0.3, 0.4) is 0 Å². The first-order valence-corrected chi connectivity index (χ1v) is 13.4. The number of benzene rings is 1. The smallest absolute Gasteiger partial charge is 0.338 e. The third kappa shape index (κ3) is 3.69. The van der Waals surface area contributed by atoms with Gasteiger partial charge in [-0.25, -0.2) is 4.79 Å². The van der Waals surface area contributed by atoms with Gasteiger partial charge in [-0.15, -0.1) is 0 Å². The lowest BCUT2D eigenvalue weighted by molar-refractivity contribution is -0.365. The Morgan fingerprint density at radius 3 is 2.26 bits per heavy atom. The average Bonchev–Trinajstić information content (AvgIpc) is 2.87. The molecule has 10 heteroatoms.